The van der Waals surface area contributed by atoms with Crippen LogP contribution < -0.4 is 4.74 Å². The van der Waals surface area contributed by atoms with Crippen LogP contribution in [0.2, 0.25) is 0 Å². The van der Waals surface area contributed by atoms with Crippen molar-refractivity contribution in [1.29, 1.82) is 0 Å². The lowest BCUT2D eigenvalue weighted by Crippen LogP contribution is -2.70. The molecule has 3 heterocycles. The van der Waals surface area contributed by atoms with Gasteiger partial charge in [0.15, 0.2) is 5.78 Å². The Balaban J connectivity index is 1.03. The van der Waals surface area contributed by atoms with Crippen molar-refractivity contribution in [2.75, 3.05) is 33.0 Å². The maximum Gasteiger partial charge on any atom is 0.335 e. The van der Waals surface area contributed by atoms with Crippen LogP contribution in [0.3, 0.4) is 0 Å². The number of benzene rings is 2. The van der Waals surface area contributed by atoms with E-state index in [9.17, 15) is 45.3 Å². The van der Waals surface area contributed by atoms with Gasteiger partial charge in [-0.1, -0.05) is 18.9 Å². The van der Waals surface area contributed by atoms with Crippen LogP contribution >= 0.6 is 0 Å². The molecule has 2 aromatic rings. The summed E-state index contributed by atoms with van der Waals surface area (Å²) >= 11 is 0. The second kappa shape index (κ2) is 14.8. The molecule has 3 aliphatic heterocycles. The number of aliphatic hydroxyl groups excluding tert-OH is 4. The van der Waals surface area contributed by atoms with Gasteiger partial charge in [0.25, 0.3) is 0 Å². The van der Waals surface area contributed by atoms with Gasteiger partial charge in [-0.3, -0.25) is 4.79 Å². The van der Waals surface area contributed by atoms with Gasteiger partial charge in [-0.15, -0.1) is 0 Å². The number of phenolic OH excluding ortho intramolecular Hbond substituents is 2. The summed E-state index contributed by atoms with van der Waals surface area (Å²) in [7, 11) is 0. The number of carboxylic acids is 1. The Bertz CT molecular complexity index is 2220. The number of aromatic hydroxyl groups is 2. The number of allylic oxidation sites excluding steroid dienone is 2. The van der Waals surface area contributed by atoms with Gasteiger partial charge < -0.3 is 54.7 Å². The number of fused-ring (bicyclic) bond motifs is 3. The van der Waals surface area contributed by atoms with Crippen LogP contribution in [-0.4, -0.2) is 111 Å². The lowest BCUT2D eigenvalue weighted by molar-refractivity contribution is -0.326. The highest BCUT2D eigenvalue weighted by Crippen LogP contribution is 2.72. The summed E-state index contributed by atoms with van der Waals surface area (Å²) in [4.78, 5) is 25.0. The predicted molar refractivity (Wildman–Crippen MR) is 220 cm³/mol. The number of carbonyl (C=O) groups is 2. The van der Waals surface area contributed by atoms with Gasteiger partial charge in [0.05, 0.1) is 36.3 Å². The topological polar surface area (TPSA) is 213 Å². The molecule has 7 N–H and O–H groups in total. The third kappa shape index (κ3) is 6.04. The minimum absolute atomic E-state index is 0.0527. The van der Waals surface area contributed by atoms with E-state index in [1.165, 1.54) is 69.9 Å². The lowest BCUT2D eigenvalue weighted by Gasteiger charge is -2.64. The van der Waals surface area contributed by atoms with Crippen molar-refractivity contribution in [2.45, 2.75) is 128 Å². The Kier molecular flexibility index (Phi) is 10.0. The van der Waals surface area contributed by atoms with E-state index in [0.29, 0.717) is 37.4 Å². The van der Waals surface area contributed by atoms with E-state index in [1.54, 1.807) is 0 Å². The average molecular weight is 845 g/mol. The first-order valence-electron chi connectivity index (χ1n) is 22.5. The molecular weight excluding hydrogens is 785 g/mol. The van der Waals surface area contributed by atoms with E-state index in [4.69, 9.17) is 18.9 Å². The molecule has 5 aliphatic carbocycles. The molecule has 0 radical (unpaired) electrons. The number of carbonyl (C=O) groups excluding carboxylic acids is 1. The monoisotopic (exact) mass is 844 g/mol. The fraction of sp³-hybridized carbons (Fsp3) is 0.667. The van der Waals surface area contributed by atoms with Crippen molar-refractivity contribution in [1.82, 2.24) is 0 Å². The first-order chi connectivity index (χ1) is 29.2. The lowest BCUT2D eigenvalue weighted by atomic mass is 9.42. The smallest absolute Gasteiger partial charge is 0.335 e. The van der Waals surface area contributed by atoms with Crippen LogP contribution in [0.4, 0.5) is 0 Å². The zero-order valence-electron chi connectivity index (χ0n) is 35.2. The molecule has 2 aromatic carbocycles. The summed E-state index contributed by atoms with van der Waals surface area (Å²) < 4.78 is 26.1. The molecule has 330 valence electrons. The molecule has 0 amide bonds. The van der Waals surface area contributed by atoms with Gasteiger partial charge in [0, 0.05) is 29.6 Å². The summed E-state index contributed by atoms with van der Waals surface area (Å²) in [6, 6.07) is 2.25. The van der Waals surface area contributed by atoms with Crippen molar-refractivity contribution in [2.24, 2.45) is 39.9 Å². The molecule has 3 spiro atoms. The molecule has 0 unspecified atom stereocenters. The number of Topliss-reactive ketones (excluding diaryl/α,β-unsaturated/α-hetero) is 1. The first-order valence-corrected chi connectivity index (χ1v) is 22.5. The van der Waals surface area contributed by atoms with E-state index >= 15 is 0 Å². The van der Waals surface area contributed by atoms with Crippen molar-refractivity contribution in [3.63, 3.8) is 0 Å². The Morgan fingerprint density at radius 3 is 2.48 bits per heavy atom. The maximum atomic E-state index is 12.7. The van der Waals surface area contributed by atoms with E-state index < -0.39 is 60.1 Å². The normalized spacial score (nSPS) is 38.5. The molecule has 13 nitrogen and oxygen atoms in total. The van der Waals surface area contributed by atoms with Crippen molar-refractivity contribution < 1.29 is 64.3 Å². The Morgan fingerprint density at radius 1 is 0.984 bits per heavy atom. The summed E-state index contributed by atoms with van der Waals surface area (Å²) in [5, 5.41) is 78.3. The number of ether oxygens (including phenoxy) is 4. The molecule has 0 aromatic heterocycles. The third-order valence-corrected chi connectivity index (χ3v) is 17.3. The van der Waals surface area contributed by atoms with E-state index in [1.807, 2.05) is 0 Å². The Morgan fingerprint density at radius 2 is 1.75 bits per heavy atom. The van der Waals surface area contributed by atoms with Gasteiger partial charge in [-0.05, 0) is 148 Å². The summed E-state index contributed by atoms with van der Waals surface area (Å²) in [5.74, 6) is -2.45. The standard InChI is InChI=1S/C48H60O13/c1-24-35(25(2)51)40(53)37-29(39(24)52)14-27(43(56)57)15-33(37)60-44-41(54)42(55)48(34(19-50)61-44)18-30-31-17-46(12-11-45(22-46)8-3-4-9-45)16-28-20-58-23-47(38(28)31,10-5-13-49)32-7-6-26(21-59-48)36(30)32/h7,14-15,28,30-31,34,38,41-42,44,49-50,52-55H,3-6,8-13,16-23H2,1-2H3,(H,56,57)/t28-,30-,31+,34-,38-,41-,42-,44-,46+,47+,48-/m1/s1. The van der Waals surface area contributed by atoms with Crippen molar-refractivity contribution in [3.8, 4) is 17.2 Å². The van der Waals surface area contributed by atoms with Gasteiger partial charge >= 0.3 is 5.97 Å². The van der Waals surface area contributed by atoms with E-state index in [0.717, 1.165) is 37.0 Å². The SMILES string of the molecule is CC(=O)c1c(C)c(O)c2cc(C(=O)O)cc(O[C@@H]3O[C@H](CO)[C@]4(C[C@H]5C6=C(CC=C6[C@]6(CCCO)COC[C@H]7C[C@@]8(CCC9(CCCC9)C8)C[C@@H]5[C@@H]76)CO4)[C@H](O)[C@H]3O)c2c1O. The fourth-order valence-corrected chi connectivity index (χ4v) is 15.0. The molecule has 10 rings (SSSR count). The highest BCUT2D eigenvalue weighted by Gasteiger charge is 2.68. The number of hydrogen-bond acceptors (Lipinski definition) is 12. The van der Waals surface area contributed by atoms with Crippen LogP contribution in [0, 0.1) is 46.8 Å². The number of hydrogen-bond donors (Lipinski definition) is 7. The number of aromatic carboxylic acids is 1. The van der Waals surface area contributed by atoms with Gasteiger partial charge in [0.1, 0.15) is 41.2 Å². The molecule has 6 fully saturated rings. The van der Waals surface area contributed by atoms with Crippen molar-refractivity contribution in [3.05, 3.63) is 51.6 Å². The van der Waals surface area contributed by atoms with Crippen LogP contribution in [0.15, 0.2) is 34.9 Å². The number of phenols is 2. The zero-order chi connectivity index (χ0) is 42.8. The number of carboxylic acid groups (broad SMARTS) is 1. The second-order valence-electron chi connectivity index (χ2n) is 20.3. The summed E-state index contributed by atoms with van der Waals surface area (Å²) in [6.07, 6.45) is 9.53. The molecular formula is C48H60O13. The molecule has 13 heteroatoms. The highest BCUT2D eigenvalue weighted by atomic mass is 16.7. The summed E-state index contributed by atoms with van der Waals surface area (Å²) in [6.45, 7) is 3.61. The first kappa shape index (κ1) is 41.5. The number of rotatable bonds is 8. The van der Waals surface area contributed by atoms with Crippen LogP contribution in [0.25, 0.3) is 10.8 Å². The second-order valence-corrected chi connectivity index (χ2v) is 20.3. The molecule has 8 aliphatic rings. The van der Waals surface area contributed by atoms with E-state index in [2.05, 4.69) is 6.08 Å². The van der Waals surface area contributed by atoms with E-state index in [-0.39, 0.29) is 81.4 Å². The van der Waals surface area contributed by atoms with Gasteiger partial charge in [-0.2, -0.15) is 0 Å². The predicted octanol–water partition coefficient (Wildman–Crippen LogP) is 5.86. The fourth-order valence-electron chi connectivity index (χ4n) is 15.0. The van der Waals surface area contributed by atoms with Gasteiger partial charge in [0.2, 0.25) is 6.29 Å². The molecule has 2 saturated heterocycles. The van der Waals surface area contributed by atoms with Crippen molar-refractivity contribution >= 4 is 22.5 Å². The largest absolute Gasteiger partial charge is 0.507 e. The molecule has 0 bridgehead atoms. The highest BCUT2D eigenvalue weighted by molar-refractivity contribution is 6.11. The Hall–Kier alpha value is -3.56. The van der Waals surface area contributed by atoms with Crippen LogP contribution in [-0.2, 0) is 14.2 Å². The molecule has 11 atom stereocenters. The van der Waals surface area contributed by atoms with Gasteiger partial charge in [-0.25, -0.2) is 4.79 Å². The third-order valence-electron chi connectivity index (χ3n) is 17.3. The van der Waals surface area contributed by atoms with Crippen LogP contribution in [0.1, 0.15) is 117 Å². The minimum atomic E-state index is -1.78. The number of aliphatic hydroxyl groups is 4. The number of ketones is 1. The minimum Gasteiger partial charge on any atom is -0.507 e. The Labute approximate surface area is 355 Å². The zero-order valence-corrected chi connectivity index (χ0v) is 35.2. The van der Waals surface area contributed by atoms with Crippen LogP contribution in [0.5, 0.6) is 17.2 Å². The quantitative estimate of drug-likeness (QED) is 0.123. The molecule has 61 heavy (non-hydrogen) atoms. The summed E-state index contributed by atoms with van der Waals surface area (Å²) in [5.41, 5.74) is 1.98. The average Bonchev–Trinajstić information content (AvgIpc) is 3.95. The molecule has 4 saturated carbocycles. The maximum absolute atomic E-state index is 12.7.